The number of pyridine rings is 1. The van der Waals surface area contributed by atoms with Gasteiger partial charge < -0.3 is 10.4 Å². The molecule has 1 aliphatic rings. The molecule has 1 amide bonds. The number of rotatable bonds is 3. The van der Waals surface area contributed by atoms with Crippen molar-refractivity contribution in [2.75, 3.05) is 0 Å². The highest BCUT2D eigenvalue weighted by Crippen LogP contribution is 2.24. The fourth-order valence-corrected chi connectivity index (χ4v) is 2.31. The van der Waals surface area contributed by atoms with Crippen LogP contribution in [0.25, 0.3) is 0 Å². The van der Waals surface area contributed by atoms with E-state index in [1.165, 1.54) is 12.3 Å². The zero-order valence-electron chi connectivity index (χ0n) is 10.3. The second-order valence-corrected chi connectivity index (χ2v) is 4.72. The van der Waals surface area contributed by atoms with Gasteiger partial charge in [-0.1, -0.05) is 0 Å². The van der Waals surface area contributed by atoms with E-state index in [0.717, 1.165) is 6.20 Å². The van der Waals surface area contributed by atoms with Crippen LogP contribution < -0.4 is 5.32 Å². The number of aliphatic carboxylic acids is 1. The molecule has 1 saturated carbocycles. The number of hydrogen-bond acceptors (Lipinski definition) is 3. The zero-order chi connectivity index (χ0) is 13.8. The smallest absolute Gasteiger partial charge is 0.306 e. The molecule has 19 heavy (non-hydrogen) atoms. The largest absolute Gasteiger partial charge is 0.481 e. The Bertz CT molecular complexity index is 485. The average molecular weight is 266 g/mol. The molecular weight excluding hydrogens is 251 g/mol. The van der Waals surface area contributed by atoms with Crippen LogP contribution in [-0.2, 0) is 4.79 Å². The van der Waals surface area contributed by atoms with E-state index < -0.39 is 17.7 Å². The fraction of sp³-hybridized carbons (Fsp3) is 0.462. The third-order valence-electron chi connectivity index (χ3n) is 3.43. The highest BCUT2D eigenvalue weighted by molar-refractivity contribution is 5.94. The highest BCUT2D eigenvalue weighted by Gasteiger charge is 2.27. The second kappa shape index (κ2) is 5.77. The molecule has 1 aromatic rings. The Morgan fingerprint density at radius 2 is 2.00 bits per heavy atom. The van der Waals surface area contributed by atoms with Crippen molar-refractivity contribution in [3.8, 4) is 0 Å². The van der Waals surface area contributed by atoms with E-state index in [1.54, 1.807) is 0 Å². The molecule has 0 atom stereocenters. The number of carbonyl (C=O) groups excluding carboxylic acids is 1. The molecule has 1 heterocycles. The van der Waals surface area contributed by atoms with Gasteiger partial charge in [0.1, 0.15) is 0 Å². The minimum Gasteiger partial charge on any atom is -0.481 e. The van der Waals surface area contributed by atoms with Crippen LogP contribution in [-0.4, -0.2) is 28.0 Å². The molecule has 0 bridgehead atoms. The Hall–Kier alpha value is -1.98. The third-order valence-corrected chi connectivity index (χ3v) is 3.43. The fourth-order valence-electron chi connectivity index (χ4n) is 2.31. The van der Waals surface area contributed by atoms with Crippen LogP contribution in [0.15, 0.2) is 18.5 Å². The van der Waals surface area contributed by atoms with Gasteiger partial charge in [0.05, 0.1) is 17.7 Å². The molecule has 1 fully saturated rings. The van der Waals surface area contributed by atoms with Crippen molar-refractivity contribution in [2.24, 2.45) is 5.92 Å². The molecule has 0 radical (unpaired) electrons. The molecule has 5 nitrogen and oxygen atoms in total. The van der Waals surface area contributed by atoms with E-state index in [1.807, 2.05) is 0 Å². The van der Waals surface area contributed by atoms with Crippen LogP contribution in [0.4, 0.5) is 4.39 Å². The lowest BCUT2D eigenvalue weighted by Crippen LogP contribution is -2.39. The molecule has 1 aromatic heterocycles. The summed E-state index contributed by atoms with van der Waals surface area (Å²) in [5.41, 5.74) is -0.0321. The molecule has 2 N–H and O–H groups in total. The predicted molar refractivity (Wildman–Crippen MR) is 65.0 cm³/mol. The van der Waals surface area contributed by atoms with Crippen LogP contribution >= 0.6 is 0 Å². The molecule has 0 saturated heterocycles. The lowest BCUT2D eigenvalue weighted by atomic mass is 9.86. The van der Waals surface area contributed by atoms with Crippen LogP contribution in [0.1, 0.15) is 36.0 Å². The summed E-state index contributed by atoms with van der Waals surface area (Å²) in [4.78, 5) is 26.2. The van der Waals surface area contributed by atoms with Crippen molar-refractivity contribution in [1.29, 1.82) is 0 Å². The average Bonchev–Trinajstić information content (AvgIpc) is 2.39. The number of hydrogen-bond donors (Lipinski definition) is 2. The summed E-state index contributed by atoms with van der Waals surface area (Å²) >= 11 is 0. The van der Waals surface area contributed by atoms with Crippen molar-refractivity contribution in [3.63, 3.8) is 0 Å². The molecule has 6 heteroatoms. The molecule has 1 aliphatic carbocycles. The number of amides is 1. The first-order valence-corrected chi connectivity index (χ1v) is 6.21. The van der Waals surface area contributed by atoms with Gasteiger partial charge in [-0.2, -0.15) is 0 Å². The van der Waals surface area contributed by atoms with Crippen molar-refractivity contribution >= 4 is 11.9 Å². The summed E-state index contributed by atoms with van der Waals surface area (Å²) in [5.74, 6) is -2.24. The highest BCUT2D eigenvalue weighted by atomic mass is 19.1. The SMILES string of the molecule is O=C(NC1CCC(C(=O)O)CC1)c1ccncc1F. The Morgan fingerprint density at radius 3 is 2.58 bits per heavy atom. The molecule has 0 aliphatic heterocycles. The quantitative estimate of drug-likeness (QED) is 0.870. The van der Waals surface area contributed by atoms with Crippen LogP contribution in [0.3, 0.4) is 0 Å². The number of carbonyl (C=O) groups is 2. The van der Waals surface area contributed by atoms with Crippen molar-refractivity contribution in [3.05, 3.63) is 29.8 Å². The van der Waals surface area contributed by atoms with Crippen molar-refractivity contribution < 1.29 is 19.1 Å². The number of aromatic nitrogens is 1. The Labute approximate surface area is 109 Å². The van der Waals surface area contributed by atoms with E-state index in [2.05, 4.69) is 10.3 Å². The first kappa shape index (κ1) is 13.5. The van der Waals surface area contributed by atoms with Crippen LogP contribution in [0.2, 0.25) is 0 Å². The van der Waals surface area contributed by atoms with Gasteiger partial charge in [0.2, 0.25) is 0 Å². The summed E-state index contributed by atoms with van der Waals surface area (Å²) in [6.45, 7) is 0. The summed E-state index contributed by atoms with van der Waals surface area (Å²) in [7, 11) is 0. The molecule has 0 spiro atoms. The normalized spacial score (nSPS) is 22.8. The second-order valence-electron chi connectivity index (χ2n) is 4.72. The standard InChI is InChI=1S/C13H15FN2O3/c14-11-7-15-6-5-10(11)12(17)16-9-3-1-8(2-4-9)13(18)19/h5-9H,1-4H2,(H,16,17)(H,18,19). The van der Waals surface area contributed by atoms with Gasteiger partial charge in [-0.3, -0.25) is 14.6 Å². The number of carboxylic acid groups (broad SMARTS) is 1. The minimum absolute atomic E-state index is 0.0321. The van der Waals surface area contributed by atoms with Crippen molar-refractivity contribution in [1.82, 2.24) is 10.3 Å². The van der Waals surface area contributed by atoms with E-state index >= 15 is 0 Å². The van der Waals surface area contributed by atoms with Crippen molar-refractivity contribution in [2.45, 2.75) is 31.7 Å². The number of nitrogens with zero attached hydrogens (tertiary/aromatic N) is 1. The van der Waals surface area contributed by atoms with Gasteiger partial charge >= 0.3 is 5.97 Å². The van der Waals surface area contributed by atoms with Crippen LogP contribution in [0, 0.1) is 11.7 Å². The zero-order valence-corrected chi connectivity index (χ0v) is 10.3. The molecule has 0 unspecified atom stereocenters. The summed E-state index contributed by atoms with van der Waals surface area (Å²) in [6.07, 6.45) is 4.65. The van der Waals surface area contributed by atoms with Gasteiger partial charge in [-0.25, -0.2) is 4.39 Å². The minimum atomic E-state index is -0.787. The van der Waals surface area contributed by atoms with Gasteiger partial charge in [0, 0.05) is 12.2 Å². The Kier molecular flexibility index (Phi) is 4.09. The topological polar surface area (TPSA) is 79.3 Å². The van der Waals surface area contributed by atoms with Gasteiger partial charge in [0.25, 0.3) is 5.91 Å². The Morgan fingerprint density at radius 1 is 1.32 bits per heavy atom. The number of carboxylic acids is 1. The maximum Gasteiger partial charge on any atom is 0.306 e. The van der Waals surface area contributed by atoms with E-state index in [4.69, 9.17) is 5.11 Å². The molecular formula is C13H15FN2O3. The lowest BCUT2D eigenvalue weighted by molar-refractivity contribution is -0.142. The molecule has 2 rings (SSSR count). The molecule has 102 valence electrons. The first-order chi connectivity index (χ1) is 9.08. The molecule has 0 aromatic carbocycles. The Balaban J connectivity index is 1.91. The van der Waals surface area contributed by atoms with Gasteiger partial charge in [-0.05, 0) is 31.7 Å². The number of nitrogens with one attached hydrogen (secondary N) is 1. The third kappa shape index (κ3) is 3.27. The van der Waals surface area contributed by atoms with Gasteiger partial charge in [0.15, 0.2) is 5.82 Å². The van der Waals surface area contributed by atoms with E-state index in [0.29, 0.717) is 25.7 Å². The van der Waals surface area contributed by atoms with Crippen LogP contribution in [0.5, 0.6) is 0 Å². The van der Waals surface area contributed by atoms with Gasteiger partial charge in [-0.15, -0.1) is 0 Å². The summed E-state index contributed by atoms with van der Waals surface area (Å²) in [5, 5.41) is 11.6. The monoisotopic (exact) mass is 266 g/mol. The lowest BCUT2D eigenvalue weighted by Gasteiger charge is -2.26. The van der Waals surface area contributed by atoms with E-state index in [-0.39, 0.29) is 17.5 Å². The first-order valence-electron chi connectivity index (χ1n) is 6.21. The number of halogens is 1. The maximum absolute atomic E-state index is 13.4. The van der Waals surface area contributed by atoms with E-state index in [9.17, 15) is 14.0 Å². The summed E-state index contributed by atoms with van der Waals surface area (Å²) < 4.78 is 13.4. The maximum atomic E-state index is 13.4. The predicted octanol–water partition coefficient (Wildman–Crippen LogP) is 1.59. The summed E-state index contributed by atoms with van der Waals surface area (Å²) in [6, 6.07) is 1.24.